The third kappa shape index (κ3) is 11.0. The topological polar surface area (TPSA) is 124 Å². The van der Waals surface area contributed by atoms with Crippen molar-refractivity contribution in [2.24, 2.45) is 0 Å². The van der Waals surface area contributed by atoms with E-state index in [1.54, 1.807) is 41.5 Å². The highest BCUT2D eigenvalue weighted by Gasteiger charge is 2.24. The van der Waals surface area contributed by atoms with Crippen LogP contribution in [0.25, 0.3) is 0 Å². The van der Waals surface area contributed by atoms with E-state index in [1.807, 2.05) is 0 Å². The maximum atomic E-state index is 12.3. The smallest absolute Gasteiger partial charge is 0.459 e. The summed E-state index contributed by atoms with van der Waals surface area (Å²) >= 11 is 0. The van der Waals surface area contributed by atoms with E-state index in [9.17, 15) is 19.2 Å². The first-order valence-electron chi connectivity index (χ1n) is 10.0. The molecule has 0 aliphatic rings. The number of carbonyl (C=O) groups excluding carboxylic acids is 4. The van der Waals surface area contributed by atoms with E-state index in [-0.39, 0.29) is 35.8 Å². The lowest BCUT2D eigenvalue weighted by Crippen LogP contribution is -2.27. The van der Waals surface area contributed by atoms with E-state index in [0.717, 1.165) is 6.07 Å². The second kappa shape index (κ2) is 11.3. The molecular weight excluding hydrogens is 436 g/mol. The molecule has 0 bridgehead atoms. The van der Waals surface area contributed by atoms with E-state index >= 15 is 0 Å². The lowest BCUT2D eigenvalue weighted by Gasteiger charge is -2.21. The third-order valence-electron chi connectivity index (χ3n) is 3.24. The Morgan fingerprint density at radius 1 is 0.788 bits per heavy atom. The van der Waals surface area contributed by atoms with Crippen LogP contribution in [0.1, 0.15) is 58.8 Å². The molecule has 0 heterocycles. The summed E-state index contributed by atoms with van der Waals surface area (Å²) in [7, 11) is 0. The molecule has 0 atom stereocenters. The van der Waals surface area contributed by atoms with Crippen molar-refractivity contribution in [3.8, 4) is 11.5 Å². The molecule has 182 valence electrons. The Morgan fingerprint density at radius 2 is 1.27 bits per heavy atom. The van der Waals surface area contributed by atoms with Crippen LogP contribution in [0.5, 0.6) is 11.5 Å². The molecule has 0 N–H and O–H groups in total. The van der Waals surface area contributed by atoms with Gasteiger partial charge in [-0.1, -0.05) is 6.58 Å². The van der Waals surface area contributed by atoms with Crippen molar-refractivity contribution in [1.82, 2.24) is 0 Å². The highest BCUT2D eigenvalue weighted by atomic mass is 16.8. The van der Waals surface area contributed by atoms with Crippen molar-refractivity contribution >= 4 is 24.2 Å². The lowest BCUT2D eigenvalue weighted by atomic mass is 10.2. The summed E-state index contributed by atoms with van der Waals surface area (Å²) in [6.07, 6.45) is -2.11. The molecule has 0 unspecified atom stereocenters. The first kappa shape index (κ1) is 27.5. The minimum absolute atomic E-state index is 0.0173. The van der Waals surface area contributed by atoms with Crippen LogP contribution in [0.2, 0.25) is 0 Å². The lowest BCUT2D eigenvalue weighted by molar-refractivity contribution is -0.140. The van der Waals surface area contributed by atoms with Gasteiger partial charge >= 0.3 is 24.2 Å². The fourth-order valence-electron chi connectivity index (χ4n) is 2.00. The molecule has 0 aromatic heterocycles. The molecule has 1 rings (SSSR count). The number of rotatable bonds is 7. The van der Waals surface area contributed by atoms with Crippen molar-refractivity contribution in [3.63, 3.8) is 0 Å². The van der Waals surface area contributed by atoms with Gasteiger partial charge in [-0.15, -0.1) is 0 Å². The van der Waals surface area contributed by atoms with Gasteiger partial charge in [-0.2, -0.15) is 0 Å². The van der Waals surface area contributed by atoms with Gasteiger partial charge in [0.05, 0.1) is 5.56 Å². The van der Waals surface area contributed by atoms with Gasteiger partial charge < -0.3 is 28.4 Å². The van der Waals surface area contributed by atoms with Gasteiger partial charge in [0, 0.05) is 5.57 Å². The Bertz CT molecular complexity index is 903. The summed E-state index contributed by atoms with van der Waals surface area (Å²) in [5.41, 5.74) is -1.47. The van der Waals surface area contributed by atoms with Gasteiger partial charge in [-0.05, 0) is 66.7 Å². The van der Waals surface area contributed by atoms with Gasteiger partial charge in [0.15, 0.2) is 11.5 Å². The fraction of sp³-hybridized carbons (Fsp3) is 0.478. The first-order chi connectivity index (χ1) is 15.1. The van der Waals surface area contributed by atoms with Crippen LogP contribution in [0.4, 0.5) is 9.59 Å². The zero-order chi connectivity index (χ0) is 25.4. The van der Waals surface area contributed by atoms with Crippen LogP contribution in [-0.4, -0.2) is 48.7 Å². The standard InChI is InChI=1S/C23H30O10/c1-14(2)18(24)28-11-12-29-19(25)15-9-10-16(30-20(26)32-22(3,4)5)17(13-15)31-21(27)33-23(6,7)8/h9-10,13H,1,11-12H2,2-8H3. The van der Waals surface area contributed by atoms with E-state index < -0.39 is 35.5 Å². The van der Waals surface area contributed by atoms with Crippen LogP contribution in [0.3, 0.4) is 0 Å². The maximum Gasteiger partial charge on any atom is 0.514 e. The molecule has 0 amide bonds. The quantitative estimate of drug-likeness (QED) is 0.185. The fourth-order valence-corrected chi connectivity index (χ4v) is 2.00. The molecule has 0 saturated heterocycles. The molecule has 0 aliphatic carbocycles. The summed E-state index contributed by atoms with van der Waals surface area (Å²) in [5, 5.41) is 0. The molecule has 10 nitrogen and oxygen atoms in total. The first-order valence-corrected chi connectivity index (χ1v) is 10.0. The average molecular weight is 466 g/mol. The summed E-state index contributed by atoms with van der Waals surface area (Å²) in [6.45, 7) is 14.4. The zero-order valence-corrected chi connectivity index (χ0v) is 19.9. The number of esters is 2. The van der Waals surface area contributed by atoms with Gasteiger partial charge in [0.25, 0.3) is 0 Å². The number of carbonyl (C=O) groups is 4. The minimum atomic E-state index is -1.08. The molecule has 0 spiro atoms. The SMILES string of the molecule is C=C(C)C(=O)OCCOC(=O)c1ccc(OC(=O)OC(C)(C)C)c(OC(=O)OC(C)(C)C)c1. The molecule has 0 saturated carbocycles. The van der Waals surface area contributed by atoms with Crippen LogP contribution < -0.4 is 9.47 Å². The number of ether oxygens (including phenoxy) is 6. The van der Waals surface area contributed by atoms with Crippen LogP contribution in [0.15, 0.2) is 30.4 Å². The van der Waals surface area contributed by atoms with E-state index in [2.05, 4.69) is 6.58 Å². The maximum absolute atomic E-state index is 12.3. The predicted molar refractivity (Wildman–Crippen MR) is 116 cm³/mol. The number of hydrogen-bond donors (Lipinski definition) is 0. The van der Waals surface area contributed by atoms with Gasteiger partial charge in [-0.25, -0.2) is 19.2 Å². The zero-order valence-electron chi connectivity index (χ0n) is 19.9. The summed E-state index contributed by atoms with van der Waals surface area (Å²) in [4.78, 5) is 47.8. The summed E-state index contributed by atoms with van der Waals surface area (Å²) in [6, 6.07) is 3.68. The molecule has 33 heavy (non-hydrogen) atoms. The van der Waals surface area contributed by atoms with E-state index in [1.165, 1.54) is 19.1 Å². The Balaban J connectivity index is 2.99. The monoisotopic (exact) mass is 466 g/mol. The minimum Gasteiger partial charge on any atom is -0.459 e. The average Bonchev–Trinajstić information content (AvgIpc) is 2.62. The second-order valence-electron chi connectivity index (χ2n) is 8.85. The molecule has 0 radical (unpaired) electrons. The van der Waals surface area contributed by atoms with Gasteiger partial charge in [0.2, 0.25) is 0 Å². The van der Waals surface area contributed by atoms with E-state index in [4.69, 9.17) is 28.4 Å². The number of hydrogen-bond acceptors (Lipinski definition) is 10. The van der Waals surface area contributed by atoms with Crippen molar-refractivity contribution < 1.29 is 47.6 Å². The van der Waals surface area contributed by atoms with Crippen molar-refractivity contribution in [2.75, 3.05) is 13.2 Å². The highest BCUT2D eigenvalue weighted by molar-refractivity contribution is 5.90. The van der Waals surface area contributed by atoms with Crippen molar-refractivity contribution in [2.45, 2.75) is 59.7 Å². The number of benzene rings is 1. The Morgan fingerprint density at radius 3 is 1.76 bits per heavy atom. The molecule has 0 aliphatic heterocycles. The predicted octanol–water partition coefficient (Wildman–Crippen LogP) is 4.59. The third-order valence-corrected chi connectivity index (χ3v) is 3.24. The molecule has 0 fully saturated rings. The van der Waals surface area contributed by atoms with Gasteiger partial charge in [-0.3, -0.25) is 0 Å². The molecule has 10 heteroatoms. The highest BCUT2D eigenvalue weighted by Crippen LogP contribution is 2.30. The van der Waals surface area contributed by atoms with Crippen LogP contribution in [0, 0.1) is 0 Å². The summed E-state index contributed by atoms with van der Waals surface area (Å²) < 4.78 is 30.3. The van der Waals surface area contributed by atoms with Crippen molar-refractivity contribution in [3.05, 3.63) is 35.9 Å². The molecule has 1 aromatic rings. The Labute approximate surface area is 192 Å². The summed E-state index contributed by atoms with van der Waals surface area (Å²) in [5.74, 6) is -1.85. The van der Waals surface area contributed by atoms with Crippen molar-refractivity contribution in [1.29, 1.82) is 0 Å². The molecular formula is C23H30O10. The molecule has 1 aromatic carbocycles. The Hall–Kier alpha value is -3.56. The Kier molecular flexibility index (Phi) is 9.45. The second-order valence-corrected chi connectivity index (χ2v) is 8.85. The van der Waals surface area contributed by atoms with E-state index in [0.29, 0.717) is 0 Å². The largest absolute Gasteiger partial charge is 0.514 e. The van der Waals surface area contributed by atoms with Crippen LogP contribution >= 0.6 is 0 Å². The normalized spacial score (nSPS) is 11.1. The van der Waals surface area contributed by atoms with Crippen LogP contribution in [-0.2, 0) is 23.7 Å². The van der Waals surface area contributed by atoms with Gasteiger partial charge in [0.1, 0.15) is 24.4 Å².